The Morgan fingerprint density at radius 1 is 1.03 bits per heavy atom. The number of hydrogen-bond acceptors (Lipinski definition) is 4. The Morgan fingerprint density at radius 2 is 1.75 bits per heavy atom. The molecule has 0 unspecified atom stereocenters. The second kappa shape index (κ2) is 10.2. The van der Waals surface area contributed by atoms with Gasteiger partial charge >= 0.3 is 0 Å². The molecule has 0 fully saturated rings. The highest BCUT2D eigenvalue weighted by Gasteiger charge is 2.27. The smallest absolute Gasteiger partial charge is 0.243 e. The number of rotatable bonds is 8. The maximum atomic E-state index is 13.2. The van der Waals surface area contributed by atoms with Crippen molar-refractivity contribution >= 4 is 33.2 Å². The van der Waals surface area contributed by atoms with Crippen LogP contribution in [-0.4, -0.2) is 31.7 Å². The van der Waals surface area contributed by atoms with Gasteiger partial charge in [0.15, 0.2) is 5.75 Å². The van der Waals surface area contributed by atoms with E-state index >= 15 is 0 Å². The normalized spacial score (nSPS) is 11.4. The Morgan fingerprint density at radius 3 is 2.44 bits per heavy atom. The Labute approximate surface area is 193 Å². The first-order valence-corrected chi connectivity index (χ1v) is 11.9. The summed E-state index contributed by atoms with van der Waals surface area (Å²) in [5.41, 5.74) is 1.81. The number of benzene rings is 3. The third-order valence-corrected chi connectivity index (χ3v) is 7.12. The average molecular weight is 473 g/mol. The number of carbonyl (C=O) groups is 1. The first-order chi connectivity index (χ1) is 15.2. The SMILES string of the molecule is CCN(CC(=O)Nc1cc(Cl)ccc1Oc1ccccc1)S(=O)(=O)c1cc(C)ccc1C. The lowest BCUT2D eigenvalue weighted by Crippen LogP contribution is -2.38. The molecule has 0 aromatic heterocycles. The maximum Gasteiger partial charge on any atom is 0.243 e. The number of nitrogens with one attached hydrogen (secondary N) is 1. The van der Waals surface area contributed by atoms with Gasteiger partial charge in [0, 0.05) is 11.6 Å². The van der Waals surface area contributed by atoms with Crippen LogP contribution in [0.4, 0.5) is 5.69 Å². The standard InChI is InChI=1S/C24H25ClN2O4S/c1-4-27(32(29,30)23-14-17(2)10-11-18(23)3)16-24(28)26-21-15-19(25)12-13-22(21)31-20-8-6-5-7-9-20/h5-15H,4,16H2,1-3H3,(H,26,28). The zero-order chi connectivity index (χ0) is 23.3. The van der Waals surface area contributed by atoms with Gasteiger partial charge in [-0.1, -0.05) is 48.9 Å². The molecule has 1 amide bonds. The molecule has 0 aliphatic rings. The monoisotopic (exact) mass is 472 g/mol. The molecule has 3 aromatic rings. The van der Waals surface area contributed by atoms with Gasteiger partial charge in [-0.3, -0.25) is 4.79 Å². The van der Waals surface area contributed by atoms with E-state index in [0.29, 0.717) is 27.8 Å². The Hall–Kier alpha value is -2.87. The molecular weight excluding hydrogens is 448 g/mol. The van der Waals surface area contributed by atoms with Crippen LogP contribution in [0.15, 0.2) is 71.6 Å². The minimum Gasteiger partial charge on any atom is -0.455 e. The van der Waals surface area contributed by atoms with Gasteiger partial charge in [-0.2, -0.15) is 4.31 Å². The number of sulfonamides is 1. The molecule has 1 N–H and O–H groups in total. The van der Waals surface area contributed by atoms with Crippen LogP contribution in [0.1, 0.15) is 18.1 Å². The first-order valence-electron chi connectivity index (χ1n) is 10.1. The number of halogens is 1. The largest absolute Gasteiger partial charge is 0.455 e. The molecule has 0 spiro atoms. The number of aryl methyl sites for hydroxylation is 2. The summed E-state index contributed by atoms with van der Waals surface area (Å²) in [6.45, 7) is 5.06. The molecule has 168 valence electrons. The van der Waals surface area contributed by atoms with Gasteiger partial charge in [0.25, 0.3) is 0 Å². The Bertz CT molecular complexity index is 1210. The number of amides is 1. The molecule has 0 heterocycles. The van der Waals surface area contributed by atoms with Gasteiger partial charge in [-0.05, 0) is 61.4 Å². The lowest BCUT2D eigenvalue weighted by atomic mass is 10.2. The summed E-state index contributed by atoms with van der Waals surface area (Å²) in [6, 6.07) is 19.2. The fourth-order valence-electron chi connectivity index (χ4n) is 3.15. The van der Waals surface area contributed by atoms with Crippen molar-refractivity contribution in [3.8, 4) is 11.5 Å². The molecular formula is C24H25ClN2O4S. The number of anilines is 1. The number of hydrogen-bond donors (Lipinski definition) is 1. The third-order valence-electron chi connectivity index (χ3n) is 4.82. The molecule has 0 aliphatic heterocycles. The molecule has 8 heteroatoms. The zero-order valence-corrected chi connectivity index (χ0v) is 19.7. The number of carbonyl (C=O) groups excluding carboxylic acids is 1. The lowest BCUT2D eigenvalue weighted by Gasteiger charge is -2.22. The lowest BCUT2D eigenvalue weighted by molar-refractivity contribution is -0.116. The van der Waals surface area contributed by atoms with E-state index in [0.717, 1.165) is 9.87 Å². The summed E-state index contributed by atoms with van der Waals surface area (Å²) < 4.78 is 33.4. The summed E-state index contributed by atoms with van der Waals surface area (Å²) in [5.74, 6) is 0.494. The minimum atomic E-state index is -3.84. The van der Waals surface area contributed by atoms with Crippen LogP contribution in [-0.2, 0) is 14.8 Å². The Balaban J connectivity index is 1.81. The highest BCUT2D eigenvalue weighted by molar-refractivity contribution is 7.89. The van der Waals surface area contributed by atoms with Crippen LogP contribution >= 0.6 is 11.6 Å². The molecule has 0 atom stereocenters. The van der Waals surface area contributed by atoms with Crippen LogP contribution in [0.2, 0.25) is 5.02 Å². The van der Waals surface area contributed by atoms with Crippen LogP contribution in [0, 0.1) is 13.8 Å². The second-order valence-electron chi connectivity index (χ2n) is 7.30. The fourth-order valence-corrected chi connectivity index (χ4v) is 5.03. The van der Waals surface area contributed by atoms with Crippen molar-refractivity contribution in [2.24, 2.45) is 0 Å². The molecule has 3 rings (SSSR count). The van der Waals surface area contributed by atoms with Crippen LogP contribution in [0.5, 0.6) is 11.5 Å². The van der Waals surface area contributed by atoms with Gasteiger partial charge in [0.1, 0.15) is 5.75 Å². The molecule has 0 radical (unpaired) electrons. The van der Waals surface area contributed by atoms with Crippen molar-refractivity contribution < 1.29 is 17.9 Å². The summed E-state index contributed by atoms with van der Waals surface area (Å²) in [5, 5.41) is 3.14. The van der Waals surface area contributed by atoms with Crippen molar-refractivity contribution in [2.75, 3.05) is 18.4 Å². The number of para-hydroxylation sites is 1. The molecule has 0 saturated carbocycles. The highest BCUT2D eigenvalue weighted by Crippen LogP contribution is 2.32. The molecule has 32 heavy (non-hydrogen) atoms. The molecule has 0 bridgehead atoms. The van der Waals surface area contributed by atoms with Crippen LogP contribution < -0.4 is 10.1 Å². The quantitative estimate of drug-likeness (QED) is 0.476. The van der Waals surface area contributed by atoms with E-state index in [4.69, 9.17) is 16.3 Å². The zero-order valence-electron chi connectivity index (χ0n) is 18.1. The third kappa shape index (κ3) is 5.68. The van der Waals surface area contributed by atoms with E-state index in [1.54, 1.807) is 56.3 Å². The summed E-state index contributed by atoms with van der Waals surface area (Å²) in [7, 11) is -3.84. The predicted octanol–water partition coefficient (Wildman–Crippen LogP) is 5.40. The van der Waals surface area contributed by atoms with Crippen molar-refractivity contribution in [2.45, 2.75) is 25.7 Å². The number of likely N-dealkylation sites (N-methyl/N-ethyl adjacent to an activating group) is 1. The molecule has 0 saturated heterocycles. The van der Waals surface area contributed by atoms with E-state index in [1.807, 2.05) is 31.2 Å². The Kier molecular flexibility index (Phi) is 7.56. The van der Waals surface area contributed by atoms with E-state index in [1.165, 1.54) is 0 Å². The summed E-state index contributed by atoms with van der Waals surface area (Å²) in [4.78, 5) is 13.0. The van der Waals surface area contributed by atoms with E-state index < -0.39 is 15.9 Å². The van der Waals surface area contributed by atoms with Gasteiger partial charge in [0.05, 0.1) is 17.1 Å². The van der Waals surface area contributed by atoms with Crippen LogP contribution in [0.25, 0.3) is 0 Å². The topological polar surface area (TPSA) is 75.7 Å². The van der Waals surface area contributed by atoms with E-state index in [2.05, 4.69) is 5.32 Å². The fraction of sp³-hybridized carbons (Fsp3) is 0.208. The van der Waals surface area contributed by atoms with Gasteiger partial charge in [-0.15, -0.1) is 0 Å². The number of ether oxygens (including phenoxy) is 1. The van der Waals surface area contributed by atoms with Gasteiger partial charge in [0.2, 0.25) is 15.9 Å². The van der Waals surface area contributed by atoms with Crippen LogP contribution in [0.3, 0.4) is 0 Å². The minimum absolute atomic E-state index is 0.145. The van der Waals surface area contributed by atoms with E-state index in [-0.39, 0.29) is 18.0 Å². The van der Waals surface area contributed by atoms with Gasteiger partial charge < -0.3 is 10.1 Å². The molecule has 0 aliphatic carbocycles. The van der Waals surface area contributed by atoms with Crippen molar-refractivity contribution in [3.63, 3.8) is 0 Å². The maximum absolute atomic E-state index is 13.2. The summed E-state index contributed by atoms with van der Waals surface area (Å²) >= 11 is 6.11. The van der Waals surface area contributed by atoms with Crippen molar-refractivity contribution in [3.05, 3.63) is 82.9 Å². The predicted molar refractivity (Wildman–Crippen MR) is 127 cm³/mol. The first kappa shape index (κ1) is 23.8. The second-order valence-corrected chi connectivity index (χ2v) is 9.65. The molecule has 6 nitrogen and oxygen atoms in total. The average Bonchev–Trinajstić information content (AvgIpc) is 2.76. The van der Waals surface area contributed by atoms with Crippen molar-refractivity contribution in [1.82, 2.24) is 4.31 Å². The highest BCUT2D eigenvalue weighted by atomic mass is 35.5. The summed E-state index contributed by atoms with van der Waals surface area (Å²) in [6.07, 6.45) is 0. The van der Waals surface area contributed by atoms with Crippen molar-refractivity contribution in [1.29, 1.82) is 0 Å². The van der Waals surface area contributed by atoms with E-state index in [9.17, 15) is 13.2 Å². The van der Waals surface area contributed by atoms with Gasteiger partial charge in [-0.25, -0.2) is 8.42 Å². The molecule has 3 aromatic carbocycles. The number of nitrogens with zero attached hydrogens (tertiary/aromatic N) is 1.